The average Bonchev–Trinajstić information content (AvgIpc) is 3.41. The molecule has 1 saturated heterocycles. The minimum absolute atomic E-state index is 0.0849. The first kappa shape index (κ1) is 19.6. The summed E-state index contributed by atoms with van der Waals surface area (Å²) < 4.78 is 23.9. The number of benzene rings is 2. The standard InChI is InChI=1S/C21H19FN4O4/c1-29-18-7-5-13(12-16(18)22)17(27)6-8-19-24-20(25-30-19)14-3-2-4-15(11-14)26-10-9-23-21(26)28/h2-5,7,11-12H,6,8-10H2,1H3,(H,23,28). The van der Waals surface area contributed by atoms with Crippen LogP contribution in [0.2, 0.25) is 0 Å². The maximum Gasteiger partial charge on any atom is 0.321 e. The van der Waals surface area contributed by atoms with Gasteiger partial charge in [-0.2, -0.15) is 4.98 Å². The molecule has 1 fully saturated rings. The van der Waals surface area contributed by atoms with Crippen molar-refractivity contribution in [2.24, 2.45) is 0 Å². The van der Waals surface area contributed by atoms with E-state index in [-0.39, 0.29) is 36.0 Å². The van der Waals surface area contributed by atoms with Gasteiger partial charge in [-0.05, 0) is 30.3 Å². The van der Waals surface area contributed by atoms with E-state index in [4.69, 9.17) is 9.26 Å². The molecule has 1 N–H and O–H groups in total. The highest BCUT2D eigenvalue weighted by Crippen LogP contribution is 2.24. The fourth-order valence-electron chi connectivity index (χ4n) is 3.21. The van der Waals surface area contributed by atoms with E-state index in [2.05, 4.69) is 15.5 Å². The van der Waals surface area contributed by atoms with Gasteiger partial charge < -0.3 is 14.6 Å². The zero-order valence-corrected chi connectivity index (χ0v) is 16.2. The highest BCUT2D eigenvalue weighted by atomic mass is 19.1. The van der Waals surface area contributed by atoms with Crippen LogP contribution in [-0.4, -0.2) is 42.2 Å². The number of carbonyl (C=O) groups excluding carboxylic acids is 2. The topological polar surface area (TPSA) is 97.6 Å². The third kappa shape index (κ3) is 4.00. The SMILES string of the molecule is COc1ccc(C(=O)CCc2nc(-c3cccc(N4CCNC4=O)c3)no2)cc1F. The molecule has 0 radical (unpaired) electrons. The predicted molar refractivity (Wildman–Crippen MR) is 106 cm³/mol. The summed E-state index contributed by atoms with van der Waals surface area (Å²) in [4.78, 5) is 30.2. The maximum atomic E-state index is 13.8. The Morgan fingerprint density at radius 3 is 2.90 bits per heavy atom. The summed E-state index contributed by atoms with van der Waals surface area (Å²) in [7, 11) is 1.36. The molecular formula is C21H19FN4O4. The van der Waals surface area contributed by atoms with Gasteiger partial charge in [-0.3, -0.25) is 9.69 Å². The summed E-state index contributed by atoms with van der Waals surface area (Å²) >= 11 is 0. The number of urea groups is 1. The van der Waals surface area contributed by atoms with E-state index in [1.807, 2.05) is 24.3 Å². The summed E-state index contributed by atoms with van der Waals surface area (Å²) in [5, 5.41) is 6.72. The molecule has 154 valence electrons. The molecule has 0 unspecified atom stereocenters. The Morgan fingerprint density at radius 1 is 1.30 bits per heavy atom. The fourth-order valence-corrected chi connectivity index (χ4v) is 3.21. The first-order chi connectivity index (χ1) is 14.5. The number of hydrogen-bond acceptors (Lipinski definition) is 6. The lowest BCUT2D eigenvalue weighted by Crippen LogP contribution is -2.27. The lowest BCUT2D eigenvalue weighted by Gasteiger charge is -2.14. The molecule has 0 saturated carbocycles. The highest BCUT2D eigenvalue weighted by molar-refractivity contribution is 5.96. The number of aryl methyl sites for hydroxylation is 1. The zero-order chi connectivity index (χ0) is 21.1. The van der Waals surface area contributed by atoms with Crippen LogP contribution in [0.5, 0.6) is 5.75 Å². The number of anilines is 1. The van der Waals surface area contributed by atoms with E-state index in [0.29, 0.717) is 30.4 Å². The predicted octanol–water partition coefficient (Wildman–Crippen LogP) is 3.23. The second kappa shape index (κ2) is 8.32. The lowest BCUT2D eigenvalue weighted by atomic mass is 10.1. The smallest absolute Gasteiger partial charge is 0.321 e. The van der Waals surface area contributed by atoms with Gasteiger partial charge in [-0.1, -0.05) is 17.3 Å². The molecule has 1 aromatic heterocycles. The summed E-state index contributed by atoms with van der Waals surface area (Å²) in [5.41, 5.74) is 1.70. The number of ketones is 1. The number of rotatable bonds is 7. The van der Waals surface area contributed by atoms with Crippen molar-refractivity contribution in [2.45, 2.75) is 12.8 Å². The molecule has 1 aliphatic heterocycles. The van der Waals surface area contributed by atoms with E-state index in [9.17, 15) is 14.0 Å². The number of ether oxygens (including phenoxy) is 1. The van der Waals surface area contributed by atoms with Gasteiger partial charge in [0.2, 0.25) is 11.7 Å². The normalized spacial score (nSPS) is 13.4. The molecule has 2 heterocycles. The zero-order valence-electron chi connectivity index (χ0n) is 16.2. The van der Waals surface area contributed by atoms with Crippen LogP contribution in [-0.2, 0) is 6.42 Å². The molecule has 9 heteroatoms. The molecule has 0 atom stereocenters. The van der Waals surface area contributed by atoms with Crippen molar-refractivity contribution >= 4 is 17.5 Å². The van der Waals surface area contributed by atoms with Gasteiger partial charge in [0.1, 0.15) is 0 Å². The monoisotopic (exact) mass is 410 g/mol. The van der Waals surface area contributed by atoms with E-state index in [1.165, 1.54) is 19.2 Å². The van der Waals surface area contributed by atoms with Gasteiger partial charge in [0.05, 0.1) is 7.11 Å². The quantitative estimate of drug-likeness (QED) is 0.601. The van der Waals surface area contributed by atoms with E-state index < -0.39 is 5.82 Å². The molecule has 2 amide bonds. The van der Waals surface area contributed by atoms with Crippen molar-refractivity contribution in [3.63, 3.8) is 0 Å². The number of nitrogens with one attached hydrogen (secondary N) is 1. The fraction of sp³-hybridized carbons (Fsp3) is 0.238. The number of hydrogen-bond donors (Lipinski definition) is 1. The van der Waals surface area contributed by atoms with Crippen LogP contribution in [0.3, 0.4) is 0 Å². The maximum absolute atomic E-state index is 13.8. The summed E-state index contributed by atoms with van der Waals surface area (Å²) in [5.74, 6) is -0.0684. The van der Waals surface area contributed by atoms with E-state index >= 15 is 0 Å². The molecule has 4 rings (SSSR count). The number of carbonyl (C=O) groups is 2. The van der Waals surface area contributed by atoms with Crippen molar-refractivity contribution in [1.29, 1.82) is 0 Å². The second-order valence-corrected chi connectivity index (χ2v) is 6.72. The molecular weight excluding hydrogens is 391 g/mol. The third-order valence-electron chi connectivity index (χ3n) is 4.78. The first-order valence-corrected chi connectivity index (χ1v) is 9.40. The van der Waals surface area contributed by atoms with Crippen molar-refractivity contribution in [3.05, 3.63) is 59.7 Å². The average molecular weight is 410 g/mol. The lowest BCUT2D eigenvalue weighted by molar-refractivity contribution is 0.0979. The Bertz CT molecular complexity index is 1100. The molecule has 30 heavy (non-hydrogen) atoms. The van der Waals surface area contributed by atoms with Gasteiger partial charge in [0.25, 0.3) is 0 Å². The largest absolute Gasteiger partial charge is 0.494 e. The van der Waals surface area contributed by atoms with Crippen LogP contribution in [0.4, 0.5) is 14.9 Å². The van der Waals surface area contributed by atoms with Gasteiger partial charge in [-0.15, -0.1) is 0 Å². The van der Waals surface area contributed by atoms with Gasteiger partial charge in [0, 0.05) is 42.7 Å². The van der Waals surface area contributed by atoms with Crippen LogP contribution in [0.15, 0.2) is 47.0 Å². The number of halogens is 1. The summed E-state index contributed by atoms with van der Waals surface area (Å²) in [6.45, 7) is 1.19. The van der Waals surface area contributed by atoms with Crippen LogP contribution >= 0.6 is 0 Å². The van der Waals surface area contributed by atoms with Gasteiger partial charge >= 0.3 is 6.03 Å². The Labute approximate surface area is 171 Å². The molecule has 2 aromatic carbocycles. The molecule has 3 aromatic rings. The van der Waals surface area contributed by atoms with Crippen LogP contribution in [0.25, 0.3) is 11.4 Å². The number of methoxy groups -OCH3 is 1. The van der Waals surface area contributed by atoms with Crippen molar-refractivity contribution in [2.75, 3.05) is 25.1 Å². The van der Waals surface area contributed by atoms with E-state index in [1.54, 1.807) is 4.90 Å². The number of aromatic nitrogens is 2. The van der Waals surface area contributed by atoms with Crippen LogP contribution in [0.1, 0.15) is 22.7 Å². The molecule has 8 nitrogen and oxygen atoms in total. The number of nitrogens with zero attached hydrogens (tertiary/aromatic N) is 3. The Hall–Kier alpha value is -3.75. The third-order valence-corrected chi connectivity index (χ3v) is 4.78. The van der Waals surface area contributed by atoms with Crippen molar-refractivity contribution < 1.29 is 23.2 Å². The number of amides is 2. The Balaban J connectivity index is 1.43. The molecule has 1 aliphatic rings. The van der Waals surface area contributed by atoms with Gasteiger partial charge in [0.15, 0.2) is 17.3 Å². The second-order valence-electron chi connectivity index (χ2n) is 6.72. The van der Waals surface area contributed by atoms with Crippen LogP contribution in [0, 0.1) is 5.82 Å². The number of Topliss-reactive ketones (excluding diaryl/α,β-unsaturated/α-hetero) is 1. The Kier molecular flexibility index (Phi) is 5.42. The van der Waals surface area contributed by atoms with E-state index in [0.717, 1.165) is 11.8 Å². The summed E-state index contributed by atoms with van der Waals surface area (Å²) in [6, 6.07) is 11.2. The first-order valence-electron chi connectivity index (χ1n) is 9.40. The van der Waals surface area contributed by atoms with Crippen molar-refractivity contribution in [3.8, 4) is 17.1 Å². The minimum Gasteiger partial charge on any atom is -0.494 e. The summed E-state index contributed by atoms with van der Waals surface area (Å²) in [6.07, 6.45) is 0.328. The Morgan fingerprint density at radius 2 is 2.17 bits per heavy atom. The van der Waals surface area contributed by atoms with Crippen LogP contribution < -0.4 is 15.0 Å². The van der Waals surface area contributed by atoms with Gasteiger partial charge in [-0.25, -0.2) is 9.18 Å². The molecule has 0 spiro atoms. The minimum atomic E-state index is -0.588. The molecule has 0 bridgehead atoms. The highest BCUT2D eigenvalue weighted by Gasteiger charge is 2.22. The van der Waals surface area contributed by atoms with Crippen molar-refractivity contribution in [1.82, 2.24) is 15.5 Å². The molecule has 0 aliphatic carbocycles.